The van der Waals surface area contributed by atoms with Gasteiger partial charge in [-0.05, 0) is 66.9 Å². The molecule has 7 nitrogen and oxygen atoms in total. The molecule has 35 heavy (non-hydrogen) atoms. The van der Waals surface area contributed by atoms with E-state index in [9.17, 15) is 18.8 Å². The topological polar surface area (TPSA) is 90.5 Å². The Hall–Kier alpha value is -4.20. The van der Waals surface area contributed by atoms with Crippen molar-refractivity contribution in [2.75, 3.05) is 23.7 Å². The van der Waals surface area contributed by atoms with E-state index in [0.29, 0.717) is 49.4 Å². The van der Waals surface area contributed by atoms with Crippen LogP contribution in [0.15, 0.2) is 78.9 Å². The van der Waals surface area contributed by atoms with E-state index in [-0.39, 0.29) is 29.6 Å². The highest BCUT2D eigenvalue weighted by Crippen LogP contribution is 2.19. The average molecular weight is 475 g/mol. The Labute approximate surface area is 203 Å². The number of nitrogens with zero attached hydrogens (tertiary/aromatic N) is 1. The number of piperidine rings is 1. The standard InChI is InChI=1S/C27H27FN4O3/c28-22-10-6-19(7-11-22)18-29-25(33)21-14-16-32(17-15-21)27(35)31-24-12-8-20(9-13-24)26(34)30-23-4-2-1-3-5-23/h1-13,21H,14-18H2,(H,29,33)(H,30,34)(H,31,35). The molecule has 3 aromatic carbocycles. The smallest absolute Gasteiger partial charge is 0.321 e. The normalized spacial score (nSPS) is 13.7. The molecule has 3 N–H and O–H groups in total. The van der Waals surface area contributed by atoms with Crippen LogP contribution in [0.25, 0.3) is 0 Å². The molecule has 0 aliphatic carbocycles. The van der Waals surface area contributed by atoms with E-state index in [2.05, 4.69) is 16.0 Å². The van der Waals surface area contributed by atoms with Crippen molar-refractivity contribution < 1.29 is 18.8 Å². The van der Waals surface area contributed by atoms with Crippen molar-refractivity contribution in [1.29, 1.82) is 0 Å². The molecule has 0 atom stereocenters. The molecule has 1 aliphatic rings. The number of rotatable bonds is 6. The van der Waals surface area contributed by atoms with E-state index in [4.69, 9.17) is 0 Å². The van der Waals surface area contributed by atoms with Gasteiger partial charge in [-0.25, -0.2) is 9.18 Å². The Bertz CT molecular complexity index is 1160. The fraction of sp³-hybridized carbons (Fsp3) is 0.222. The van der Waals surface area contributed by atoms with E-state index in [1.165, 1.54) is 12.1 Å². The highest BCUT2D eigenvalue weighted by molar-refractivity contribution is 6.04. The van der Waals surface area contributed by atoms with E-state index in [1.807, 2.05) is 30.3 Å². The van der Waals surface area contributed by atoms with Crippen LogP contribution in [-0.2, 0) is 11.3 Å². The van der Waals surface area contributed by atoms with Gasteiger partial charge >= 0.3 is 6.03 Å². The predicted octanol–water partition coefficient (Wildman–Crippen LogP) is 4.64. The van der Waals surface area contributed by atoms with Crippen LogP contribution in [0.1, 0.15) is 28.8 Å². The Morgan fingerprint density at radius 2 is 1.43 bits per heavy atom. The molecule has 1 fully saturated rings. The summed E-state index contributed by atoms with van der Waals surface area (Å²) in [5, 5.41) is 8.56. The first-order valence-electron chi connectivity index (χ1n) is 11.5. The summed E-state index contributed by atoms with van der Waals surface area (Å²) in [6.07, 6.45) is 1.14. The number of nitrogens with one attached hydrogen (secondary N) is 3. The van der Waals surface area contributed by atoms with Crippen molar-refractivity contribution in [2.45, 2.75) is 19.4 Å². The molecule has 0 bridgehead atoms. The maximum atomic E-state index is 13.0. The lowest BCUT2D eigenvalue weighted by atomic mass is 9.96. The SMILES string of the molecule is O=C(Nc1ccccc1)c1ccc(NC(=O)N2CCC(C(=O)NCc3ccc(F)cc3)CC2)cc1. The highest BCUT2D eigenvalue weighted by Gasteiger charge is 2.27. The number of benzene rings is 3. The lowest BCUT2D eigenvalue weighted by Crippen LogP contribution is -2.44. The second-order valence-electron chi connectivity index (χ2n) is 8.43. The number of amides is 4. The second kappa shape index (κ2) is 11.3. The van der Waals surface area contributed by atoms with Crippen molar-refractivity contribution in [3.8, 4) is 0 Å². The Balaban J connectivity index is 1.21. The third-order valence-corrected chi connectivity index (χ3v) is 5.96. The molecule has 1 heterocycles. The molecule has 0 spiro atoms. The van der Waals surface area contributed by atoms with Crippen LogP contribution in [0, 0.1) is 11.7 Å². The van der Waals surface area contributed by atoms with E-state index in [1.54, 1.807) is 41.3 Å². The predicted molar refractivity (Wildman–Crippen MR) is 132 cm³/mol. The zero-order valence-electron chi connectivity index (χ0n) is 19.2. The van der Waals surface area contributed by atoms with Crippen LogP contribution in [0.2, 0.25) is 0 Å². The number of halogens is 1. The summed E-state index contributed by atoms with van der Waals surface area (Å²) in [6.45, 7) is 1.29. The minimum Gasteiger partial charge on any atom is -0.352 e. The van der Waals surface area contributed by atoms with Gasteiger partial charge in [-0.15, -0.1) is 0 Å². The second-order valence-corrected chi connectivity index (χ2v) is 8.43. The summed E-state index contributed by atoms with van der Waals surface area (Å²) in [5.41, 5.74) is 2.62. The lowest BCUT2D eigenvalue weighted by molar-refractivity contribution is -0.126. The molecule has 1 saturated heterocycles. The van der Waals surface area contributed by atoms with Gasteiger partial charge in [-0.3, -0.25) is 9.59 Å². The van der Waals surface area contributed by atoms with Gasteiger partial charge in [0.15, 0.2) is 0 Å². The van der Waals surface area contributed by atoms with Crippen LogP contribution in [0.3, 0.4) is 0 Å². The number of carbonyl (C=O) groups excluding carboxylic acids is 3. The number of para-hydroxylation sites is 1. The van der Waals surface area contributed by atoms with Crippen molar-refractivity contribution in [3.05, 3.63) is 95.8 Å². The Morgan fingerprint density at radius 3 is 2.09 bits per heavy atom. The quantitative estimate of drug-likeness (QED) is 0.486. The van der Waals surface area contributed by atoms with Gasteiger partial charge in [0.2, 0.25) is 5.91 Å². The third kappa shape index (κ3) is 6.66. The molecule has 3 aromatic rings. The minimum absolute atomic E-state index is 0.0567. The molecule has 0 aromatic heterocycles. The summed E-state index contributed by atoms with van der Waals surface area (Å²) in [4.78, 5) is 39.2. The van der Waals surface area contributed by atoms with Gasteiger partial charge < -0.3 is 20.9 Å². The molecule has 1 aliphatic heterocycles. The average Bonchev–Trinajstić information content (AvgIpc) is 2.89. The van der Waals surface area contributed by atoms with Gasteiger partial charge in [-0.1, -0.05) is 30.3 Å². The van der Waals surface area contributed by atoms with Crippen LogP contribution in [0.5, 0.6) is 0 Å². The monoisotopic (exact) mass is 474 g/mol. The van der Waals surface area contributed by atoms with Crippen LogP contribution >= 0.6 is 0 Å². The number of hydrogen-bond donors (Lipinski definition) is 3. The summed E-state index contributed by atoms with van der Waals surface area (Å²) in [6, 6.07) is 21.7. The molecule has 8 heteroatoms. The highest BCUT2D eigenvalue weighted by atomic mass is 19.1. The minimum atomic E-state index is -0.310. The van der Waals surface area contributed by atoms with Gasteiger partial charge in [-0.2, -0.15) is 0 Å². The van der Waals surface area contributed by atoms with E-state index in [0.717, 1.165) is 5.56 Å². The lowest BCUT2D eigenvalue weighted by Gasteiger charge is -2.31. The zero-order valence-corrected chi connectivity index (χ0v) is 19.2. The first-order chi connectivity index (χ1) is 17.0. The first-order valence-corrected chi connectivity index (χ1v) is 11.5. The van der Waals surface area contributed by atoms with E-state index < -0.39 is 0 Å². The zero-order chi connectivity index (χ0) is 24.6. The number of urea groups is 1. The van der Waals surface area contributed by atoms with Crippen LogP contribution in [0.4, 0.5) is 20.6 Å². The summed E-state index contributed by atoms with van der Waals surface area (Å²) in [5.74, 6) is -0.760. The van der Waals surface area contributed by atoms with Gasteiger partial charge in [0.1, 0.15) is 5.82 Å². The van der Waals surface area contributed by atoms with Crippen molar-refractivity contribution in [2.24, 2.45) is 5.92 Å². The number of anilines is 2. The van der Waals surface area contributed by atoms with Crippen molar-refractivity contribution >= 4 is 29.2 Å². The van der Waals surface area contributed by atoms with E-state index >= 15 is 0 Å². The number of hydrogen-bond acceptors (Lipinski definition) is 3. The van der Waals surface area contributed by atoms with Crippen molar-refractivity contribution in [1.82, 2.24) is 10.2 Å². The summed E-state index contributed by atoms with van der Waals surface area (Å²) < 4.78 is 13.0. The van der Waals surface area contributed by atoms with Gasteiger partial charge in [0.05, 0.1) is 0 Å². The molecule has 0 saturated carbocycles. The molecule has 180 valence electrons. The van der Waals surface area contributed by atoms with Crippen molar-refractivity contribution in [3.63, 3.8) is 0 Å². The Kier molecular flexibility index (Phi) is 7.72. The molecular weight excluding hydrogens is 447 g/mol. The number of likely N-dealkylation sites (tertiary alicyclic amines) is 1. The summed E-state index contributed by atoms with van der Waals surface area (Å²) in [7, 11) is 0. The maximum absolute atomic E-state index is 13.0. The molecule has 4 amide bonds. The number of carbonyl (C=O) groups is 3. The molecule has 0 radical (unpaired) electrons. The third-order valence-electron chi connectivity index (χ3n) is 5.96. The Morgan fingerprint density at radius 1 is 0.800 bits per heavy atom. The van der Waals surface area contributed by atoms with Crippen LogP contribution in [-0.4, -0.2) is 35.8 Å². The fourth-order valence-electron chi connectivity index (χ4n) is 3.91. The largest absolute Gasteiger partial charge is 0.352 e. The summed E-state index contributed by atoms with van der Waals surface area (Å²) >= 11 is 0. The first kappa shape index (κ1) is 23.9. The van der Waals surface area contributed by atoms with Gasteiger partial charge in [0, 0.05) is 42.5 Å². The molecule has 4 rings (SSSR count). The molecular formula is C27H27FN4O3. The fourth-order valence-corrected chi connectivity index (χ4v) is 3.91. The van der Waals surface area contributed by atoms with Gasteiger partial charge in [0.25, 0.3) is 5.91 Å². The molecule has 0 unspecified atom stereocenters. The maximum Gasteiger partial charge on any atom is 0.321 e. The van der Waals surface area contributed by atoms with Crippen LogP contribution < -0.4 is 16.0 Å².